The molecular formula is C33H47N3O6. The number of anilines is 1. The Labute approximate surface area is 250 Å². The number of carbonyl (C=O) groups excluding carboxylic acids is 3. The summed E-state index contributed by atoms with van der Waals surface area (Å²) in [5.41, 5.74) is -1.43. The van der Waals surface area contributed by atoms with Crippen LogP contribution in [0.5, 0.6) is 5.75 Å². The highest BCUT2D eigenvalue weighted by molar-refractivity contribution is 6.03. The number of hydrogen-bond donors (Lipinski definition) is 1. The van der Waals surface area contributed by atoms with Crippen LogP contribution in [0.1, 0.15) is 60.3 Å². The maximum Gasteiger partial charge on any atom is 0.248 e. The Kier molecular flexibility index (Phi) is 9.52. The van der Waals surface area contributed by atoms with Gasteiger partial charge in [-0.2, -0.15) is 0 Å². The summed E-state index contributed by atoms with van der Waals surface area (Å²) < 4.78 is 12.4. The van der Waals surface area contributed by atoms with Crippen LogP contribution >= 0.6 is 0 Å². The number of benzene rings is 1. The van der Waals surface area contributed by atoms with Gasteiger partial charge in [-0.25, -0.2) is 0 Å². The van der Waals surface area contributed by atoms with Gasteiger partial charge in [0.25, 0.3) is 0 Å². The Morgan fingerprint density at radius 3 is 2.38 bits per heavy atom. The van der Waals surface area contributed by atoms with E-state index in [1.807, 2.05) is 45.0 Å². The first-order valence-corrected chi connectivity index (χ1v) is 15.2. The van der Waals surface area contributed by atoms with Gasteiger partial charge in [0, 0.05) is 24.8 Å². The predicted molar refractivity (Wildman–Crippen MR) is 162 cm³/mol. The summed E-state index contributed by atoms with van der Waals surface area (Å²) in [4.78, 5) is 48.3. The molecule has 3 heterocycles. The van der Waals surface area contributed by atoms with Crippen LogP contribution in [0, 0.1) is 11.8 Å². The van der Waals surface area contributed by atoms with E-state index in [1.165, 1.54) is 4.90 Å². The number of amides is 3. The molecule has 1 aromatic rings. The molecule has 7 atom stereocenters. The number of hydrogen-bond acceptors (Lipinski definition) is 6. The van der Waals surface area contributed by atoms with Gasteiger partial charge in [-0.3, -0.25) is 14.4 Å². The average Bonchev–Trinajstić information content (AvgIpc) is 3.55. The summed E-state index contributed by atoms with van der Waals surface area (Å²) in [7, 11) is 0. The largest absolute Gasteiger partial charge is 0.494 e. The van der Waals surface area contributed by atoms with Gasteiger partial charge in [0.2, 0.25) is 17.7 Å². The van der Waals surface area contributed by atoms with Crippen molar-refractivity contribution in [3.8, 4) is 5.75 Å². The van der Waals surface area contributed by atoms with Crippen LogP contribution in [-0.2, 0) is 19.1 Å². The van der Waals surface area contributed by atoms with Crippen LogP contribution in [0.3, 0.4) is 0 Å². The average molecular weight is 582 g/mol. The Morgan fingerprint density at radius 1 is 1.14 bits per heavy atom. The molecule has 3 fully saturated rings. The molecule has 0 saturated carbocycles. The normalized spacial score (nSPS) is 29.1. The summed E-state index contributed by atoms with van der Waals surface area (Å²) in [6, 6.07) is 5.62. The first-order chi connectivity index (χ1) is 20.0. The van der Waals surface area contributed by atoms with Gasteiger partial charge in [0.1, 0.15) is 17.4 Å². The SMILES string of the molecule is C=CCN(C(=O)[C@H]1[C@H]2C(=O)N([C@H](C)CO)C(C(=O)N(CC=C)C(C)CCC)C23CC[C@]1(C)O3)c1ccc(OCC)cc1. The molecule has 3 aliphatic rings. The summed E-state index contributed by atoms with van der Waals surface area (Å²) >= 11 is 0. The Hall–Kier alpha value is -3.17. The lowest BCUT2D eigenvalue weighted by Crippen LogP contribution is -2.59. The van der Waals surface area contributed by atoms with E-state index >= 15 is 0 Å². The van der Waals surface area contributed by atoms with E-state index in [4.69, 9.17) is 9.47 Å². The minimum Gasteiger partial charge on any atom is -0.494 e. The molecule has 0 radical (unpaired) electrons. The number of ether oxygens (including phenoxy) is 2. The van der Waals surface area contributed by atoms with Crippen molar-refractivity contribution in [2.75, 3.05) is 31.2 Å². The van der Waals surface area contributed by atoms with Gasteiger partial charge in [-0.15, -0.1) is 13.2 Å². The van der Waals surface area contributed by atoms with Crippen LogP contribution in [0.2, 0.25) is 0 Å². The smallest absolute Gasteiger partial charge is 0.248 e. The van der Waals surface area contributed by atoms with Crippen molar-refractivity contribution >= 4 is 23.4 Å². The molecule has 0 aliphatic carbocycles. The van der Waals surface area contributed by atoms with Crippen molar-refractivity contribution in [3.63, 3.8) is 0 Å². The van der Waals surface area contributed by atoms with E-state index in [2.05, 4.69) is 20.1 Å². The fourth-order valence-electron chi connectivity index (χ4n) is 7.45. The highest BCUT2D eigenvalue weighted by Crippen LogP contribution is 2.64. The van der Waals surface area contributed by atoms with Crippen LogP contribution in [0.15, 0.2) is 49.6 Å². The summed E-state index contributed by atoms with van der Waals surface area (Å²) in [6.07, 6.45) is 6.06. The monoisotopic (exact) mass is 581 g/mol. The second-order valence-corrected chi connectivity index (χ2v) is 12.1. The highest BCUT2D eigenvalue weighted by atomic mass is 16.5. The second-order valence-electron chi connectivity index (χ2n) is 12.1. The topological polar surface area (TPSA) is 99.6 Å². The molecule has 230 valence electrons. The van der Waals surface area contributed by atoms with Crippen molar-refractivity contribution in [2.45, 2.75) is 89.6 Å². The van der Waals surface area contributed by atoms with Crippen LogP contribution in [-0.4, -0.2) is 88.3 Å². The maximum atomic E-state index is 14.5. The Bertz CT molecular complexity index is 1190. The summed E-state index contributed by atoms with van der Waals surface area (Å²) in [5, 5.41) is 10.2. The standard InChI is InChI=1S/C33H47N3O6/c1-8-12-22(5)34(19-9-2)31(40)28-33-18-17-32(7,42-33)26(27(33)30(39)36(28)23(6)21-37)29(38)35(20-10-3)24-13-15-25(16-14-24)41-11-4/h9-10,13-16,22-23,26-28,37H,2-3,8,11-12,17-21H2,1,4-7H3/t22?,23-,26-,27+,28?,32+,33?/m1/s1. The molecule has 4 rings (SSSR count). The molecule has 1 spiro atoms. The summed E-state index contributed by atoms with van der Waals surface area (Å²) in [6.45, 7) is 18.1. The molecule has 3 unspecified atom stereocenters. The number of nitrogens with zero attached hydrogens (tertiary/aromatic N) is 3. The van der Waals surface area contributed by atoms with Gasteiger partial charge in [-0.1, -0.05) is 25.5 Å². The quantitative estimate of drug-likeness (QED) is 0.334. The van der Waals surface area contributed by atoms with Gasteiger partial charge in [0.15, 0.2) is 0 Å². The highest BCUT2D eigenvalue weighted by Gasteiger charge is 2.78. The third-order valence-electron chi connectivity index (χ3n) is 9.34. The maximum absolute atomic E-state index is 14.5. The van der Waals surface area contributed by atoms with Crippen molar-refractivity contribution in [3.05, 3.63) is 49.6 Å². The molecule has 3 saturated heterocycles. The molecular weight excluding hydrogens is 534 g/mol. The van der Waals surface area contributed by atoms with Crippen molar-refractivity contribution in [1.29, 1.82) is 0 Å². The van der Waals surface area contributed by atoms with Crippen LogP contribution in [0.25, 0.3) is 0 Å². The van der Waals surface area contributed by atoms with E-state index < -0.39 is 35.1 Å². The Balaban J connectivity index is 1.78. The first kappa shape index (κ1) is 31.8. The van der Waals surface area contributed by atoms with Crippen LogP contribution < -0.4 is 9.64 Å². The van der Waals surface area contributed by atoms with Gasteiger partial charge in [-0.05, 0) is 71.2 Å². The predicted octanol–water partition coefficient (Wildman–Crippen LogP) is 3.95. The van der Waals surface area contributed by atoms with Crippen molar-refractivity contribution in [1.82, 2.24) is 9.80 Å². The summed E-state index contributed by atoms with van der Waals surface area (Å²) in [5.74, 6) is -1.74. The van der Waals surface area contributed by atoms with Crippen molar-refractivity contribution in [2.24, 2.45) is 11.8 Å². The molecule has 1 aromatic carbocycles. The van der Waals surface area contributed by atoms with Gasteiger partial charge in [0.05, 0.1) is 36.7 Å². The zero-order chi connectivity index (χ0) is 30.8. The second kappa shape index (κ2) is 12.6. The van der Waals surface area contributed by atoms with Crippen LogP contribution in [0.4, 0.5) is 5.69 Å². The van der Waals surface area contributed by atoms with E-state index in [1.54, 1.807) is 28.9 Å². The van der Waals surface area contributed by atoms with Crippen molar-refractivity contribution < 1.29 is 29.0 Å². The first-order valence-electron chi connectivity index (χ1n) is 15.2. The minimum atomic E-state index is -1.17. The van der Waals surface area contributed by atoms with E-state index in [0.717, 1.165) is 12.8 Å². The number of likely N-dealkylation sites (tertiary alicyclic amines) is 1. The lowest BCUT2D eigenvalue weighted by molar-refractivity contribution is -0.155. The third kappa shape index (κ3) is 5.15. The van der Waals surface area contributed by atoms with E-state index in [0.29, 0.717) is 37.4 Å². The molecule has 3 aliphatic heterocycles. The Morgan fingerprint density at radius 2 is 1.81 bits per heavy atom. The molecule has 2 bridgehead atoms. The number of fused-ring (bicyclic) bond motifs is 1. The lowest BCUT2D eigenvalue weighted by Gasteiger charge is -2.40. The van der Waals surface area contributed by atoms with E-state index in [-0.39, 0.29) is 36.9 Å². The molecule has 0 aromatic heterocycles. The molecule has 42 heavy (non-hydrogen) atoms. The number of aliphatic hydroxyl groups is 1. The number of carbonyl (C=O) groups is 3. The fraction of sp³-hybridized carbons (Fsp3) is 0.606. The van der Waals surface area contributed by atoms with Gasteiger partial charge < -0.3 is 29.3 Å². The molecule has 3 amide bonds. The van der Waals surface area contributed by atoms with Gasteiger partial charge >= 0.3 is 0 Å². The molecule has 1 N–H and O–H groups in total. The number of aliphatic hydroxyl groups excluding tert-OH is 1. The zero-order valence-corrected chi connectivity index (χ0v) is 25.8. The number of rotatable bonds is 14. The van der Waals surface area contributed by atoms with E-state index in [9.17, 15) is 19.5 Å². The minimum absolute atomic E-state index is 0.0771. The fourth-order valence-corrected chi connectivity index (χ4v) is 7.45. The molecule has 9 nitrogen and oxygen atoms in total. The zero-order valence-electron chi connectivity index (χ0n) is 25.8. The third-order valence-corrected chi connectivity index (χ3v) is 9.34. The molecule has 9 heteroatoms. The lowest BCUT2D eigenvalue weighted by atomic mass is 9.66.